The number of carbonyl (C=O) groups is 2. The highest BCUT2D eigenvalue weighted by Crippen LogP contribution is 2.35. The first-order valence-electron chi connectivity index (χ1n) is 8.51. The molecule has 27 heavy (non-hydrogen) atoms. The molecule has 1 N–H and O–H groups in total. The second kappa shape index (κ2) is 7.05. The van der Waals surface area contributed by atoms with Gasteiger partial charge >= 0.3 is 6.18 Å². The van der Waals surface area contributed by atoms with E-state index in [1.54, 1.807) is 25.1 Å². The van der Waals surface area contributed by atoms with Crippen LogP contribution >= 0.6 is 0 Å². The van der Waals surface area contributed by atoms with Crippen LogP contribution in [0.15, 0.2) is 30.5 Å². The number of aryl methyl sites for hydroxylation is 1. The topological polar surface area (TPSA) is 67.2 Å². The van der Waals surface area contributed by atoms with Crippen LogP contribution in [0.3, 0.4) is 0 Å². The van der Waals surface area contributed by atoms with E-state index < -0.39 is 29.4 Å². The Kier molecular flexibility index (Phi) is 4.95. The van der Waals surface area contributed by atoms with Crippen LogP contribution in [-0.4, -0.2) is 45.6 Å². The van der Waals surface area contributed by atoms with E-state index in [9.17, 15) is 22.8 Å². The van der Waals surface area contributed by atoms with Gasteiger partial charge in [0, 0.05) is 13.1 Å². The normalized spacial score (nSPS) is 18.2. The van der Waals surface area contributed by atoms with E-state index >= 15 is 0 Å². The molecule has 1 aromatic heterocycles. The monoisotopic (exact) mass is 380 g/mol. The van der Waals surface area contributed by atoms with E-state index in [1.807, 2.05) is 0 Å². The molecule has 1 saturated heterocycles. The summed E-state index contributed by atoms with van der Waals surface area (Å²) < 4.78 is 42.2. The average molecular weight is 380 g/mol. The molecule has 2 heterocycles. The second-order valence-electron chi connectivity index (χ2n) is 6.42. The smallest absolute Gasteiger partial charge is 0.354 e. The maximum absolute atomic E-state index is 13.8. The van der Waals surface area contributed by atoms with Gasteiger partial charge in [-0.3, -0.25) is 9.59 Å². The van der Waals surface area contributed by atoms with Crippen molar-refractivity contribution in [1.29, 1.82) is 0 Å². The highest BCUT2D eigenvalue weighted by molar-refractivity contribution is 5.98. The van der Waals surface area contributed by atoms with Crippen LogP contribution in [0.5, 0.6) is 0 Å². The van der Waals surface area contributed by atoms with Crippen molar-refractivity contribution < 1.29 is 22.8 Å². The van der Waals surface area contributed by atoms with Gasteiger partial charge in [0.25, 0.3) is 5.91 Å². The molecular weight excluding hydrogens is 361 g/mol. The molecule has 1 atom stereocenters. The molecule has 1 aliphatic heterocycles. The first-order valence-corrected chi connectivity index (χ1v) is 8.51. The zero-order chi connectivity index (χ0) is 19.8. The minimum atomic E-state index is -4.79. The molecule has 0 radical (unpaired) electrons. The molecule has 2 aromatic rings. The van der Waals surface area contributed by atoms with E-state index in [0.717, 1.165) is 15.8 Å². The molecule has 3 rings (SSSR count). The number of carbonyl (C=O) groups excluding carboxylic acids is 2. The highest BCUT2D eigenvalue weighted by atomic mass is 19.4. The molecule has 144 valence electrons. The first-order chi connectivity index (χ1) is 12.7. The average Bonchev–Trinajstić information content (AvgIpc) is 2.99. The number of para-hydroxylation sites is 1. The predicted molar refractivity (Wildman–Crippen MR) is 91.4 cm³/mol. The third-order valence-corrected chi connectivity index (χ3v) is 4.59. The number of aromatic nitrogens is 2. The van der Waals surface area contributed by atoms with Gasteiger partial charge in [0.1, 0.15) is 6.04 Å². The van der Waals surface area contributed by atoms with Crippen molar-refractivity contribution in [2.24, 2.45) is 0 Å². The predicted octanol–water partition coefficient (Wildman–Crippen LogP) is 2.55. The zero-order valence-electron chi connectivity index (χ0n) is 14.9. The summed E-state index contributed by atoms with van der Waals surface area (Å²) >= 11 is 0. The van der Waals surface area contributed by atoms with Crippen LogP contribution in [0.1, 0.15) is 35.0 Å². The number of nitrogens with zero attached hydrogens (tertiary/aromatic N) is 3. The molecular formula is C18H19F3N4O2. The van der Waals surface area contributed by atoms with Gasteiger partial charge in [-0.2, -0.15) is 18.3 Å². The molecule has 0 saturated carbocycles. The molecule has 0 unspecified atom stereocenters. The lowest BCUT2D eigenvalue weighted by molar-refractivity contribution is -0.143. The SMILES string of the molecule is Cc1ccccc1-n1ncc(C(=O)N2CCCNC(=O)[C@H]2C)c1C(F)(F)F. The lowest BCUT2D eigenvalue weighted by Crippen LogP contribution is -2.45. The largest absolute Gasteiger partial charge is 0.434 e. The van der Waals surface area contributed by atoms with Gasteiger partial charge in [-0.1, -0.05) is 18.2 Å². The molecule has 0 spiro atoms. The number of nitrogens with one attached hydrogen (secondary N) is 1. The van der Waals surface area contributed by atoms with Crippen molar-refractivity contribution in [2.75, 3.05) is 13.1 Å². The van der Waals surface area contributed by atoms with Crippen molar-refractivity contribution in [3.63, 3.8) is 0 Å². The summed E-state index contributed by atoms with van der Waals surface area (Å²) in [4.78, 5) is 26.0. The Morgan fingerprint density at radius 3 is 2.67 bits per heavy atom. The summed E-state index contributed by atoms with van der Waals surface area (Å²) in [6, 6.07) is 5.63. The van der Waals surface area contributed by atoms with Crippen molar-refractivity contribution in [2.45, 2.75) is 32.5 Å². The Balaban J connectivity index is 2.10. The zero-order valence-corrected chi connectivity index (χ0v) is 14.9. The summed E-state index contributed by atoms with van der Waals surface area (Å²) in [6.07, 6.45) is -3.40. The molecule has 6 nitrogen and oxygen atoms in total. The number of hydrogen-bond acceptors (Lipinski definition) is 3. The summed E-state index contributed by atoms with van der Waals surface area (Å²) in [5, 5.41) is 6.48. The molecule has 0 aliphatic carbocycles. The Bertz CT molecular complexity index is 876. The summed E-state index contributed by atoms with van der Waals surface area (Å²) in [5.41, 5.74) is -0.871. The maximum atomic E-state index is 13.8. The van der Waals surface area contributed by atoms with Gasteiger partial charge in [0.15, 0.2) is 5.69 Å². The summed E-state index contributed by atoms with van der Waals surface area (Å²) in [7, 11) is 0. The van der Waals surface area contributed by atoms with Gasteiger partial charge in [0.05, 0.1) is 17.4 Å². The number of benzene rings is 1. The van der Waals surface area contributed by atoms with Crippen LogP contribution < -0.4 is 5.32 Å². The second-order valence-corrected chi connectivity index (χ2v) is 6.42. The Morgan fingerprint density at radius 2 is 2.00 bits per heavy atom. The third kappa shape index (κ3) is 3.54. The Morgan fingerprint density at radius 1 is 1.30 bits per heavy atom. The van der Waals surface area contributed by atoms with E-state index in [1.165, 1.54) is 13.0 Å². The number of hydrogen-bond donors (Lipinski definition) is 1. The van der Waals surface area contributed by atoms with Crippen molar-refractivity contribution in [1.82, 2.24) is 20.0 Å². The van der Waals surface area contributed by atoms with Crippen molar-refractivity contribution >= 4 is 11.8 Å². The standard InChI is InChI=1S/C18H19F3N4O2/c1-11-6-3-4-7-14(11)25-15(18(19,20)21)13(10-23-25)17(27)24-9-5-8-22-16(26)12(24)2/h3-4,6-7,10,12H,5,8-9H2,1-2H3,(H,22,26)/t12-/m1/s1. The molecule has 1 aliphatic rings. The summed E-state index contributed by atoms with van der Waals surface area (Å²) in [6.45, 7) is 3.73. The molecule has 2 amide bonds. The first kappa shape index (κ1) is 18.9. The van der Waals surface area contributed by atoms with Crippen molar-refractivity contribution in [3.05, 3.63) is 47.3 Å². The maximum Gasteiger partial charge on any atom is 0.434 e. The van der Waals surface area contributed by atoms with Crippen LogP contribution in [0.2, 0.25) is 0 Å². The molecule has 9 heteroatoms. The summed E-state index contributed by atoms with van der Waals surface area (Å²) in [5.74, 6) is -1.24. The fourth-order valence-electron chi connectivity index (χ4n) is 3.14. The van der Waals surface area contributed by atoms with Crippen LogP contribution in [0.25, 0.3) is 5.69 Å². The lowest BCUT2D eigenvalue weighted by atomic mass is 10.1. The van der Waals surface area contributed by atoms with Gasteiger partial charge in [0.2, 0.25) is 5.91 Å². The number of halogens is 3. The fraction of sp³-hybridized carbons (Fsp3) is 0.389. The van der Waals surface area contributed by atoms with Crippen LogP contribution in [0, 0.1) is 6.92 Å². The minimum Gasteiger partial charge on any atom is -0.354 e. The van der Waals surface area contributed by atoms with Gasteiger partial charge in [-0.05, 0) is 31.9 Å². The van der Waals surface area contributed by atoms with Gasteiger partial charge in [-0.15, -0.1) is 0 Å². The lowest BCUT2D eigenvalue weighted by Gasteiger charge is -2.25. The fourth-order valence-corrected chi connectivity index (χ4v) is 3.14. The molecule has 1 fully saturated rings. The molecule has 1 aromatic carbocycles. The van der Waals surface area contributed by atoms with E-state index in [2.05, 4.69) is 10.4 Å². The quantitative estimate of drug-likeness (QED) is 0.871. The Labute approximate surface area is 154 Å². The third-order valence-electron chi connectivity index (χ3n) is 4.59. The van der Waals surface area contributed by atoms with Crippen molar-refractivity contribution in [3.8, 4) is 5.69 Å². The highest BCUT2D eigenvalue weighted by Gasteiger charge is 2.42. The van der Waals surface area contributed by atoms with Crippen LogP contribution in [0.4, 0.5) is 13.2 Å². The van der Waals surface area contributed by atoms with Gasteiger partial charge in [-0.25, -0.2) is 4.68 Å². The molecule has 0 bridgehead atoms. The van der Waals surface area contributed by atoms with E-state index in [4.69, 9.17) is 0 Å². The van der Waals surface area contributed by atoms with E-state index in [-0.39, 0.29) is 18.1 Å². The van der Waals surface area contributed by atoms with Gasteiger partial charge < -0.3 is 10.2 Å². The number of alkyl halides is 3. The minimum absolute atomic E-state index is 0.186. The number of amides is 2. The van der Waals surface area contributed by atoms with Crippen LogP contribution in [-0.2, 0) is 11.0 Å². The Hall–Kier alpha value is -2.84. The number of rotatable bonds is 2. The van der Waals surface area contributed by atoms with E-state index in [0.29, 0.717) is 18.5 Å².